The van der Waals surface area contributed by atoms with Crippen LogP contribution in [0.1, 0.15) is 39.5 Å². The van der Waals surface area contributed by atoms with Crippen molar-refractivity contribution in [2.24, 2.45) is 5.92 Å². The molecule has 0 aliphatic heterocycles. The van der Waals surface area contributed by atoms with E-state index in [0.29, 0.717) is 5.69 Å². The minimum Gasteiger partial charge on any atom is -0.488 e. The normalized spacial score (nSPS) is 15.8. The van der Waals surface area contributed by atoms with Crippen LogP contribution in [-0.4, -0.2) is 19.7 Å². The molecular weight excluding hydrogens is 255 g/mol. The number of halogens is 1. The molecule has 2 rings (SSSR count). The van der Waals surface area contributed by atoms with Crippen LogP contribution >= 0.6 is 0 Å². The van der Waals surface area contributed by atoms with Crippen LogP contribution in [0.25, 0.3) is 0 Å². The predicted octanol–water partition coefficient (Wildman–Crippen LogP) is 3.82. The maximum absolute atomic E-state index is 13.8. The highest BCUT2D eigenvalue weighted by Gasteiger charge is 2.19. The molecule has 0 spiro atoms. The Morgan fingerprint density at radius 1 is 1.35 bits per heavy atom. The van der Waals surface area contributed by atoms with Gasteiger partial charge in [-0.2, -0.15) is 0 Å². The average molecular weight is 280 g/mol. The van der Waals surface area contributed by atoms with Gasteiger partial charge in [-0.1, -0.05) is 12.8 Å². The van der Waals surface area contributed by atoms with E-state index in [1.165, 1.54) is 31.7 Å². The molecule has 1 aromatic rings. The van der Waals surface area contributed by atoms with Crippen molar-refractivity contribution in [1.82, 2.24) is 0 Å². The fourth-order valence-electron chi connectivity index (χ4n) is 2.91. The second kappa shape index (κ2) is 6.33. The van der Waals surface area contributed by atoms with Gasteiger partial charge in [-0.15, -0.1) is 0 Å². The quantitative estimate of drug-likeness (QED) is 0.833. The molecule has 1 aromatic carbocycles. The summed E-state index contributed by atoms with van der Waals surface area (Å²) in [5.74, 6) is 0.607. The lowest BCUT2D eigenvalue weighted by Crippen LogP contribution is -2.25. The van der Waals surface area contributed by atoms with Crippen molar-refractivity contribution in [3.8, 4) is 5.75 Å². The summed E-state index contributed by atoms with van der Waals surface area (Å²) in [6, 6.07) is 3.08. The van der Waals surface area contributed by atoms with E-state index in [2.05, 4.69) is 4.90 Å². The number of rotatable bonds is 5. The topological polar surface area (TPSA) is 38.5 Å². The van der Waals surface area contributed by atoms with Crippen LogP contribution in [0.3, 0.4) is 0 Å². The highest BCUT2D eigenvalue weighted by Crippen LogP contribution is 2.33. The first kappa shape index (κ1) is 14.9. The summed E-state index contributed by atoms with van der Waals surface area (Å²) < 4.78 is 19.3. The molecule has 1 aliphatic carbocycles. The Morgan fingerprint density at radius 2 is 2.00 bits per heavy atom. The molecule has 112 valence electrons. The Hall–Kier alpha value is -1.45. The molecule has 1 saturated carbocycles. The third kappa shape index (κ3) is 3.56. The van der Waals surface area contributed by atoms with Gasteiger partial charge in [0.25, 0.3) is 0 Å². The van der Waals surface area contributed by atoms with Gasteiger partial charge in [-0.05, 0) is 32.6 Å². The zero-order valence-corrected chi connectivity index (χ0v) is 12.7. The van der Waals surface area contributed by atoms with Gasteiger partial charge in [0, 0.05) is 25.7 Å². The molecule has 0 heterocycles. The van der Waals surface area contributed by atoms with Gasteiger partial charge >= 0.3 is 0 Å². The molecule has 4 heteroatoms. The summed E-state index contributed by atoms with van der Waals surface area (Å²) in [6.07, 6.45) is 5.14. The van der Waals surface area contributed by atoms with E-state index in [-0.39, 0.29) is 11.9 Å². The van der Waals surface area contributed by atoms with Crippen LogP contribution in [0, 0.1) is 11.7 Å². The van der Waals surface area contributed by atoms with E-state index < -0.39 is 5.82 Å². The predicted molar refractivity (Wildman–Crippen MR) is 81.8 cm³/mol. The summed E-state index contributed by atoms with van der Waals surface area (Å²) in [5.41, 5.74) is 7.29. The Morgan fingerprint density at radius 3 is 2.60 bits per heavy atom. The third-order valence-electron chi connectivity index (χ3n) is 3.86. The van der Waals surface area contributed by atoms with Gasteiger partial charge in [-0.3, -0.25) is 0 Å². The molecule has 3 nitrogen and oxygen atoms in total. The maximum Gasteiger partial charge on any atom is 0.167 e. The minimum absolute atomic E-state index is 0.0545. The monoisotopic (exact) mass is 280 g/mol. The maximum atomic E-state index is 13.8. The summed E-state index contributed by atoms with van der Waals surface area (Å²) >= 11 is 0. The molecule has 0 atom stereocenters. The van der Waals surface area contributed by atoms with Gasteiger partial charge in [0.05, 0.1) is 17.5 Å². The molecule has 0 saturated heterocycles. The standard InChI is InChI=1S/C16H25FN2O/c1-11(2)20-16-9-15(14(18)8-13(16)17)19(3)10-12-6-4-5-7-12/h8-9,11-12H,4-7,10,18H2,1-3H3. The first-order valence-electron chi connectivity index (χ1n) is 7.44. The fraction of sp³-hybridized carbons (Fsp3) is 0.625. The molecule has 1 fully saturated rings. The van der Waals surface area contributed by atoms with E-state index in [0.717, 1.165) is 18.2 Å². The number of ether oxygens (including phenoxy) is 1. The van der Waals surface area contributed by atoms with Gasteiger partial charge in [0.1, 0.15) is 0 Å². The van der Waals surface area contributed by atoms with E-state index in [1.54, 1.807) is 6.07 Å². The zero-order valence-electron chi connectivity index (χ0n) is 12.7. The molecule has 0 unspecified atom stereocenters. The number of hydrogen-bond acceptors (Lipinski definition) is 3. The smallest absolute Gasteiger partial charge is 0.167 e. The summed E-state index contributed by atoms with van der Waals surface area (Å²) in [6.45, 7) is 4.74. The summed E-state index contributed by atoms with van der Waals surface area (Å²) in [5, 5.41) is 0. The van der Waals surface area contributed by atoms with Crippen molar-refractivity contribution in [3.05, 3.63) is 17.9 Å². The SMILES string of the molecule is CC(C)Oc1cc(N(C)CC2CCCC2)c(N)cc1F. The van der Waals surface area contributed by atoms with Crippen LogP contribution < -0.4 is 15.4 Å². The van der Waals surface area contributed by atoms with Crippen LogP contribution in [0.5, 0.6) is 5.75 Å². The zero-order chi connectivity index (χ0) is 14.7. The molecule has 0 aromatic heterocycles. The van der Waals surface area contributed by atoms with Gasteiger partial charge in [0.2, 0.25) is 0 Å². The number of hydrogen-bond donors (Lipinski definition) is 1. The first-order chi connectivity index (χ1) is 9.47. The molecule has 0 amide bonds. The molecule has 1 aliphatic rings. The highest BCUT2D eigenvalue weighted by atomic mass is 19.1. The Kier molecular flexibility index (Phi) is 4.73. The Labute approximate surface area is 120 Å². The number of anilines is 2. The Balaban J connectivity index is 2.16. The van der Waals surface area contributed by atoms with Crippen molar-refractivity contribution >= 4 is 11.4 Å². The lowest BCUT2D eigenvalue weighted by Gasteiger charge is -2.25. The van der Waals surface area contributed by atoms with Crippen molar-refractivity contribution in [1.29, 1.82) is 0 Å². The number of nitrogen functional groups attached to an aromatic ring is 1. The van der Waals surface area contributed by atoms with Crippen molar-refractivity contribution in [3.63, 3.8) is 0 Å². The van der Waals surface area contributed by atoms with Crippen molar-refractivity contribution in [2.75, 3.05) is 24.2 Å². The van der Waals surface area contributed by atoms with Gasteiger partial charge < -0.3 is 15.4 Å². The first-order valence-corrected chi connectivity index (χ1v) is 7.44. The van der Waals surface area contributed by atoms with E-state index in [1.807, 2.05) is 20.9 Å². The Bertz CT molecular complexity index is 456. The summed E-state index contributed by atoms with van der Waals surface area (Å²) in [4.78, 5) is 2.12. The van der Waals surface area contributed by atoms with Crippen LogP contribution in [0.4, 0.5) is 15.8 Å². The summed E-state index contributed by atoms with van der Waals surface area (Å²) in [7, 11) is 2.01. The van der Waals surface area contributed by atoms with E-state index >= 15 is 0 Å². The van der Waals surface area contributed by atoms with Crippen LogP contribution in [0.15, 0.2) is 12.1 Å². The minimum atomic E-state index is -0.394. The number of nitrogens with two attached hydrogens (primary N) is 1. The average Bonchev–Trinajstić information content (AvgIpc) is 2.84. The van der Waals surface area contributed by atoms with Gasteiger partial charge in [-0.25, -0.2) is 4.39 Å². The second-order valence-electron chi connectivity index (χ2n) is 6.04. The van der Waals surface area contributed by atoms with Crippen LogP contribution in [0.2, 0.25) is 0 Å². The molecule has 20 heavy (non-hydrogen) atoms. The third-order valence-corrected chi connectivity index (χ3v) is 3.86. The fourth-order valence-corrected chi connectivity index (χ4v) is 2.91. The number of nitrogens with zero attached hydrogens (tertiary/aromatic N) is 1. The van der Waals surface area contributed by atoms with Crippen LogP contribution in [-0.2, 0) is 0 Å². The highest BCUT2D eigenvalue weighted by molar-refractivity contribution is 5.69. The lowest BCUT2D eigenvalue weighted by molar-refractivity contribution is 0.231. The largest absolute Gasteiger partial charge is 0.488 e. The molecule has 0 radical (unpaired) electrons. The molecule has 0 bridgehead atoms. The van der Waals surface area contributed by atoms with E-state index in [9.17, 15) is 4.39 Å². The molecular formula is C16H25FN2O. The van der Waals surface area contributed by atoms with Crippen molar-refractivity contribution in [2.45, 2.75) is 45.6 Å². The lowest BCUT2D eigenvalue weighted by atomic mass is 10.1. The van der Waals surface area contributed by atoms with Crippen molar-refractivity contribution < 1.29 is 9.13 Å². The molecule has 2 N–H and O–H groups in total. The number of benzene rings is 1. The second-order valence-corrected chi connectivity index (χ2v) is 6.04. The van der Waals surface area contributed by atoms with E-state index in [4.69, 9.17) is 10.5 Å². The van der Waals surface area contributed by atoms with Gasteiger partial charge in [0.15, 0.2) is 11.6 Å².